The Bertz CT molecular complexity index is 276. The first-order valence-electron chi connectivity index (χ1n) is 3.86. The van der Waals surface area contributed by atoms with E-state index >= 15 is 0 Å². The molecule has 1 aromatic carbocycles. The number of hydrogen-bond acceptors (Lipinski definition) is 1. The van der Waals surface area contributed by atoms with Crippen molar-refractivity contribution in [1.82, 2.24) is 5.32 Å². The Morgan fingerprint density at radius 3 is 2.23 bits per heavy atom. The van der Waals surface area contributed by atoms with Crippen LogP contribution in [0.15, 0.2) is 30.3 Å². The van der Waals surface area contributed by atoms with E-state index in [9.17, 15) is 8.78 Å². The van der Waals surface area contributed by atoms with E-state index in [1.165, 1.54) is 0 Å². The summed E-state index contributed by atoms with van der Waals surface area (Å²) in [6.45, 7) is -0.202. The minimum atomic E-state index is -2.57. The molecule has 0 radical (unpaired) electrons. The summed E-state index contributed by atoms with van der Waals surface area (Å²) in [5.74, 6) is -2.57. The van der Waals surface area contributed by atoms with Gasteiger partial charge in [0.1, 0.15) is 0 Å². The van der Waals surface area contributed by atoms with Crippen LogP contribution >= 0.6 is 12.4 Å². The highest BCUT2D eigenvalue weighted by atomic mass is 35.5. The highest BCUT2D eigenvalue weighted by Crippen LogP contribution is 2.37. The van der Waals surface area contributed by atoms with E-state index in [4.69, 9.17) is 0 Å². The largest absolute Gasteiger partial charge is 0.299 e. The number of benzene rings is 1. The van der Waals surface area contributed by atoms with Crippen LogP contribution in [0.1, 0.15) is 11.6 Å². The fraction of sp³-hybridized carbons (Fsp3) is 0.333. The van der Waals surface area contributed by atoms with Gasteiger partial charge in [0.05, 0.1) is 12.6 Å². The van der Waals surface area contributed by atoms with Crippen LogP contribution in [0.5, 0.6) is 0 Å². The molecular formula is C9H10ClF2N. The molecule has 0 aliphatic carbocycles. The molecule has 1 aliphatic heterocycles. The van der Waals surface area contributed by atoms with Crippen LogP contribution in [0.2, 0.25) is 0 Å². The molecular weight excluding hydrogens is 196 g/mol. The van der Waals surface area contributed by atoms with Crippen LogP contribution in [0.4, 0.5) is 8.78 Å². The lowest BCUT2D eigenvalue weighted by molar-refractivity contribution is -0.0970. The Morgan fingerprint density at radius 2 is 1.85 bits per heavy atom. The smallest absolute Gasteiger partial charge is 0.279 e. The van der Waals surface area contributed by atoms with Crippen LogP contribution in [-0.4, -0.2) is 12.5 Å². The van der Waals surface area contributed by atoms with Gasteiger partial charge in [-0.05, 0) is 5.56 Å². The Hall–Kier alpha value is -0.670. The molecule has 1 aliphatic rings. The van der Waals surface area contributed by atoms with Crippen molar-refractivity contribution in [3.8, 4) is 0 Å². The van der Waals surface area contributed by atoms with E-state index in [2.05, 4.69) is 5.32 Å². The molecule has 0 saturated carbocycles. The molecule has 4 heteroatoms. The third kappa shape index (κ3) is 1.81. The monoisotopic (exact) mass is 205 g/mol. The van der Waals surface area contributed by atoms with Crippen molar-refractivity contribution in [2.24, 2.45) is 0 Å². The lowest BCUT2D eigenvalue weighted by atomic mass is 9.94. The topological polar surface area (TPSA) is 12.0 Å². The van der Waals surface area contributed by atoms with Crippen LogP contribution in [0.3, 0.4) is 0 Å². The highest BCUT2D eigenvalue weighted by molar-refractivity contribution is 5.85. The van der Waals surface area contributed by atoms with Gasteiger partial charge in [0.2, 0.25) is 0 Å². The molecule has 1 fully saturated rings. The zero-order valence-electron chi connectivity index (χ0n) is 6.84. The Labute approximate surface area is 81.6 Å². The van der Waals surface area contributed by atoms with Gasteiger partial charge < -0.3 is 0 Å². The number of halogens is 3. The van der Waals surface area contributed by atoms with Gasteiger partial charge in [0.25, 0.3) is 5.92 Å². The fourth-order valence-corrected chi connectivity index (χ4v) is 1.37. The molecule has 1 unspecified atom stereocenters. The Morgan fingerprint density at radius 1 is 1.23 bits per heavy atom. The molecule has 1 nitrogen and oxygen atoms in total. The molecule has 1 saturated heterocycles. The van der Waals surface area contributed by atoms with Gasteiger partial charge >= 0.3 is 0 Å². The van der Waals surface area contributed by atoms with E-state index in [0.29, 0.717) is 5.56 Å². The fourth-order valence-electron chi connectivity index (χ4n) is 1.37. The Balaban J connectivity index is 0.000000845. The first kappa shape index (κ1) is 10.4. The maximum Gasteiger partial charge on any atom is 0.279 e. The van der Waals surface area contributed by atoms with Crippen molar-refractivity contribution in [2.75, 3.05) is 6.54 Å². The van der Waals surface area contributed by atoms with Crippen molar-refractivity contribution < 1.29 is 8.78 Å². The molecule has 1 aromatic rings. The zero-order chi connectivity index (χ0) is 8.60. The summed E-state index contributed by atoms with van der Waals surface area (Å²) in [7, 11) is 0. The van der Waals surface area contributed by atoms with Crippen LogP contribution < -0.4 is 5.32 Å². The predicted octanol–water partition coefficient (Wildman–Crippen LogP) is 2.39. The summed E-state index contributed by atoms with van der Waals surface area (Å²) in [5.41, 5.74) is 0.661. The number of rotatable bonds is 1. The van der Waals surface area contributed by atoms with Gasteiger partial charge in [-0.2, -0.15) is 0 Å². The summed E-state index contributed by atoms with van der Waals surface area (Å²) < 4.78 is 25.7. The van der Waals surface area contributed by atoms with E-state index in [0.717, 1.165) is 0 Å². The highest BCUT2D eigenvalue weighted by Gasteiger charge is 2.48. The van der Waals surface area contributed by atoms with Gasteiger partial charge in [0.15, 0.2) is 0 Å². The number of nitrogens with one attached hydrogen (secondary N) is 1. The molecule has 0 bridgehead atoms. The van der Waals surface area contributed by atoms with E-state index in [-0.39, 0.29) is 19.0 Å². The normalized spacial score (nSPS) is 24.3. The average Bonchev–Trinajstić information content (AvgIpc) is 2.05. The molecule has 0 spiro atoms. The Kier molecular flexibility index (Phi) is 2.88. The third-order valence-corrected chi connectivity index (χ3v) is 2.10. The summed E-state index contributed by atoms with van der Waals surface area (Å²) in [4.78, 5) is 0. The molecule has 1 heterocycles. The number of alkyl halides is 2. The molecule has 13 heavy (non-hydrogen) atoms. The van der Waals surface area contributed by atoms with Gasteiger partial charge in [-0.25, -0.2) is 8.78 Å². The number of hydrogen-bond donors (Lipinski definition) is 1. The van der Waals surface area contributed by atoms with Crippen molar-refractivity contribution in [3.05, 3.63) is 35.9 Å². The minimum Gasteiger partial charge on any atom is -0.299 e. The lowest BCUT2D eigenvalue weighted by Crippen LogP contribution is -2.55. The van der Waals surface area contributed by atoms with E-state index in [1.807, 2.05) is 6.07 Å². The van der Waals surface area contributed by atoms with Crippen molar-refractivity contribution in [2.45, 2.75) is 12.0 Å². The first-order valence-corrected chi connectivity index (χ1v) is 3.86. The lowest BCUT2D eigenvalue weighted by Gasteiger charge is -2.37. The molecule has 0 amide bonds. The van der Waals surface area contributed by atoms with E-state index in [1.54, 1.807) is 24.3 Å². The maximum atomic E-state index is 12.8. The van der Waals surface area contributed by atoms with Gasteiger partial charge in [-0.3, -0.25) is 5.32 Å². The SMILES string of the molecule is Cl.FC1(F)CNC1c1ccccc1. The minimum absolute atomic E-state index is 0. The van der Waals surface area contributed by atoms with Gasteiger partial charge in [-0.1, -0.05) is 30.3 Å². The third-order valence-electron chi connectivity index (χ3n) is 2.10. The van der Waals surface area contributed by atoms with Crippen LogP contribution in [0, 0.1) is 0 Å². The molecule has 0 aromatic heterocycles. The maximum absolute atomic E-state index is 12.8. The molecule has 1 N–H and O–H groups in total. The zero-order valence-corrected chi connectivity index (χ0v) is 7.65. The van der Waals surface area contributed by atoms with Gasteiger partial charge in [0, 0.05) is 0 Å². The van der Waals surface area contributed by atoms with Crippen molar-refractivity contribution >= 4 is 12.4 Å². The molecule has 2 rings (SSSR count). The second-order valence-corrected chi connectivity index (χ2v) is 2.99. The second-order valence-electron chi connectivity index (χ2n) is 2.99. The van der Waals surface area contributed by atoms with Crippen molar-refractivity contribution in [1.29, 1.82) is 0 Å². The van der Waals surface area contributed by atoms with E-state index < -0.39 is 12.0 Å². The summed E-state index contributed by atoms with van der Waals surface area (Å²) >= 11 is 0. The van der Waals surface area contributed by atoms with Crippen LogP contribution in [0.25, 0.3) is 0 Å². The predicted molar refractivity (Wildman–Crippen MR) is 49.4 cm³/mol. The van der Waals surface area contributed by atoms with Gasteiger partial charge in [-0.15, -0.1) is 12.4 Å². The average molecular weight is 206 g/mol. The quantitative estimate of drug-likeness (QED) is 0.743. The summed E-state index contributed by atoms with van der Waals surface area (Å²) in [6, 6.07) is 8.01. The van der Waals surface area contributed by atoms with Crippen molar-refractivity contribution in [3.63, 3.8) is 0 Å². The molecule has 72 valence electrons. The molecule has 1 atom stereocenters. The van der Waals surface area contributed by atoms with Crippen LogP contribution in [-0.2, 0) is 0 Å². The summed E-state index contributed by atoms with van der Waals surface area (Å²) in [6.07, 6.45) is 0. The second kappa shape index (κ2) is 3.60. The summed E-state index contributed by atoms with van der Waals surface area (Å²) in [5, 5.41) is 2.70. The standard InChI is InChI=1S/C9H9F2N.ClH/c10-9(11)6-12-8(9)7-4-2-1-3-5-7;/h1-5,8,12H,6H2;1H. The first-order chi connectivity index (χ1) is 5.70.